The molecule has 0 saturated carbocycles. The highest BCUT2D eigenvalue weighted by Gasteiger charge is 2.28. The van der Waals surface area contributed by atoms with E-state index in [0.717, 1.165) is 50.2 Å². The number of hydrogen-bond acceptors (Lipinski definition) is 4. The van der Waals surface area contributed by atoms with Crippen LogP contribution in [0.3, 0.4) is 0 Å². The second-order valence-electron chi connectivity index (χ2n) is 8.07. The van der Waals surface area contributed by atoms with Crippen molar-refractivity contribution in [3.63, 3.8) is 0 Å². The maximum absolute atomic E-state index is 13.0. The Morgan fingerprint density at radius 2 is 2.00 bits per heavy atom. The molecular weight excluding hydrogens is 402 g/mol. The van der Waals surface area contributed by atoms with Crippen LogP contribution in [0.1, 0.15) is 41.9 Å². The van der Waals surface area contributed by atoms with Gasteiger partial charge in [-0.3, -0.25) is 9.59 Å². The Labute approximate surface area is 183 Å². The Bertz CT molecular complexity index is 864. The average Bonchev–Trinajstić information content (AvgIpc) is 3.42. The second-order valence-corrected chi connectivity index (χ2v) is 8.07. The molecule has 2 saturated heterocycles. The predicted octanol–water partition coefficient (Wildman–Crippen LogP) is 2.32. The minimum Gasteiger partial charge on any atom is -0.354 e. The summed E-state index contributed by atoms with van der Waals surface area (Å²) in [7, 11) is 0. The third-order valence-corrected chi connectivity index (χ3v) is 5.86. The lowest BCUT2D eigenvalue weighted by atomic mass is 9.97. The van der Waals surface area contributed by atoms with Crippen LogP contribution >= 0.6 is 12.4 Å². The molecule has 162 valence electrons. The van der Waals surface area contributed by atoms with Gasteiger partial charge in [-0.1, -0.05) is 18.2 Å². The number of hydrogen-bond donors (Lipinski definition) is 2. The van der Waals surface area contributed by atoms with E-state index >= 15 is 0 Å². The molecule has 2 aliphatic heterocycles. The lowest BCUT2D eigenvalue weighted by Gasteiger charge is -2.32. The number of nitrogens with one attached hydrogen (secondary N) is 2. The van der Waals surface area contributed by atoms with Gasteiger partial charge in [0.25, 0.3) is 5.91 Å². The molecule has 1 aromatic carbocycles. The molecule has 0 spiro atoms. The van der Waals surface area contributed by atoms with Crippen molar-refractivity contribution in [3.05, 3.63) is 47.8 Å². The molecule has 4 rings (SSSR count). The molecule has 3 heterocycles. The van der Waals surface area contributed by atoms with E-state index < -0.39 is 0 Å². The van der Waals surface area contributed by atoms with Crippen molar-refractivity contribution in [2.75, 3.05) is 26.2 Å². The Kier molecular flexibility index (Phi) is 7.50. The van der Waals surface area contributed by atoms with E-state index in [2.05, 4.69) is 15.7 Å². The summed E-state index contributed by atoms with van der Waals surface area (Å²) in [6.07, 6.45) is 3.94. The number of amides is 2. The van der Waals surface area contributed by atoms with Gasteiger partial charge < -0.3 is 15.5 Å². The van der Waals surface area contributed by atoms with Crippen molar-refractivity contribution in [1.82, 2.24) is 25.3 Å². The smallest absolute Gasteiger partial charge is 0.274 e. The molecule has 2 fully saturated rings. The Balaban J connectivity index is 0.00000256. The number of benzene rings is 1. The predicted molar refractivity (Wildman–Crippen MR) is 118 cm³/mol. The zero-order valence-corrected chi connectivity index (χ0v) is 18.2. The molecule has 2 aromatic rings. The molecule has 0 aliphatic carbocycles. The monoisotopic (exact) mass is 431 g/mol. The van der Waals surface area contributed by atoms with Gasteiger partial charge in [-0.05, 0) is 63.3 Å². The van der Waals surface area contributed by atoms with E-state index in [1.165, 1.54) is 0 Å². The van der Waals surface area contributed by atoms with Gasteiger partial charge in [0.05, 0.1) is 11.7 Å². The summed E-state index contributed by atoms with van der Waals surface area (Å²) < 4.78 is 1.81. The third-order valence-electron chi connectivity index (χ3n) is 5.86. The van der Waals surface area contributed by atoms with E-state index in [9.17, 15) is 9.59 Å². The van der Waals surface area contributed by atoms with Crippen molar-refractivity contribution < 1.29 is 9.59 Å². The summed E-state index contributed by atoms with van der Waals surface area (Å²) in [6, 6.07) is 11.6. The molecule has 0 radical (unpaired) electrons. The summed E-state index contributed by atoms with van der Waals surface area (Å²) in [6.45, 7) is 4.90. The number of carbonyl (C=O) groups excluding carboxylic acids is 2. The largest absolute Gasteiger partial charge is 0.354 e. The maximum Gasteiger partial charge on any atom is 0.274 e. The Morgan fingerprint density at radius 3 is 2.73 bits per heavy atom. The molecule has 1 aromatic heterocycles. The minimum atomic E-state index is -0.0544. The van der Waals surface area contributed by atoms with Crippen LogP contribution in [0.25, 0.3) is 5.69 Å². The first-order chi connectivity index (χ1) is 14.1. The quantitative estimate of drug-likeness (QED) is 0.761. The molecule has 0 bridgehead atoms. The van der Waals surface area contributed by atoms with Crippen LogP contribution in [0.4, 0.5) is 0 Å². The first-order valence-electron chi connectivity index (χ1n) is 10.5. The van der Waals surface area contributed by atoms with Gasteiger partial charge in [0, 0.05) is 25.3 Å². The lowest BCUT2D eigenvalue weighted by molar-refractivity contribution is -0.123. The Hall–Kier alpha value is -2.38. The van der Waals surface area contributed by atoms with Gasteiger partial charge in [-0.25, -0.2) is 4.68 Å². The minimum absolute atomic E-state index is 0. The van der Waals surface area contributed by atoms with Gasteiger partial charge in [0.15, 0.2) is 5.69 Å². The van der Waals surface area contributed by atoms with Crippen LogP contribution in [-0.4, -0.2) is 58.7 Å². The highest BCUT2D eigenvalue weighted by molar-refractivity contribution is 5.92. The van der Waals surface area contributed by atoms with E-state index in [1.807, 2.05) is 52.9 Å². The van der Waals surface area contributed by atoms with Gasteiger partial charge in [-0.2, -0.15) is 5.10 Å². The van der Waals surface area contributed by atoms with Crippen LogP contribution in [0, 0.1) is 12.8 Å². The first kappa shape index (κ1) is 22.3. The van der Waals surface area contributed by atoms with E-state index in [4.69, 9.17) is 0 Å². The zero-order valence-electron chi connectivity index (χ0n) is 17.3. The van der Waals surface area contributed by atoms with Crippen molar-refractivity contribution in [3.8, 4) is 5.69 Å². The average molecular weight is 432 g/mol. The van der Waals surface area contributed by atoms with E-state index in [0.29, 0.717) is 18.8 Å². The summed E-state index contributed by atoms with van der Waals surface area (Å²) in [5, 5.41) is 10.8. The van der Waals surface area contributed by atoms with Gasteiger partial charge in [0.1, 0.15) is 0 Å². The van der Waals surface area contributed by atoms with Crippen molar-refractivity contribution in [2.24, 2.45) is 5.92 Å². The fraction of sp³-hybridized carbons (Fsp3) is 0.500. The number of likely N-dealkylation sites (tertiary alicyclic amines) is 1. The van der Waals surface area contributed by atoms with Crippen LogP contribution in [0.5, 0.6) is 0 Å². The number of halogens is 1. The number of carbonyl (C=O) groups is 2. The summed E-state index contributed by atoms with van der Waals surface area (Å²) >= 11 is 0. The van der Waals surface area contributed by atoms with Crippen LogP contribution in [0.2, 0.25) is 0 Å². The fourth-order valence-electron chi connectivity index (χ4n) is 4.26. The summed E-state index contributed by atoms with van der Waals surface area (Å²) in [4.78, 5) is 27.2. The van der Waals surface area contributed by atoms with Crippen LogP contribution in [-0.2, 0) is 4.79 Å². The third kappa shape index (κ3) is 5.02. The molecule has 2 N–H and O–H groups in total. The molecule has 2 unspecified atom stereocenters. The molecule has 2 aliphatic rings. The molecular formula is C22H30ClN5O2. The summed E-state index contributed by atoms with van der Waals surface area (Å²) in [5.74, 6) is 0.342. The SMILES string of the molecule is Cc1cc(C(=O)N2CCCC(CNC(=O)C3CCCN3)C2)nn1-c1ccccc1.Cl. The molecule has 8 heteroatoms. The van der Waals surface area contributed by atoms with Crippen LogP contribution < -0.4 is 10.6 Å². The topological polar surface area (TPSA) is 79.3 Å². The number of rotatable bonds is 5. The van der Waals surface area contributed by atoms with Crippen molar-refractivity contribution in [2.45, 2.75) is 38.6 Å². The van der Waals surface area contributed by atoms with E-state index in [1.54, 1.807) is 0 Å². The number of aromatic nitrogens is 2. The van der Waals surface area contributed by atoms with Gasteiger partial charge >= 0.3 is 0 Å². The number of nitrogens with zero attached hydrogens (tertiary/aromatic N) is 3. The van der Waals surface area contributed by atoms with Gasteiger partial charge in [0.2, 0.25) is 5.91 Å². The molecule has 30 heavy (non-hydrogen) atoms. The summed E-state index contributed by atoms with van der Waals surface area (Å²) in [5.41, 5.74) is 2.36. The zero-order chi connectivity index (χ0) is 20.2. The molecule has 2 amide bonds. The second kappa shape index (κ2) is 10.1. The van der Waals surface area contributed by atoms with Crippen molar-refractivity contribution >= 4 is 24.2 Å². The first-order valence-corrected chi connectivity index (χ1v) is 10.5. The normalized spacial score (nSPS) is 21.2. The standard InChI is InChI=1S/C22H29N5O2.ClH/c1-16-13-20(25-27(16)18-8-3-2-4-9-18)22(29)26-12-6-7-17(15-26)14-24-21(28)19-10-5-11-23-19;/h2-4,8-9,13,17,19,23H,5-7,10-12,14-15H2,1H3,(H,24,28);1H. The highest BCUT2D eigenvalue weighted by Crippen LogP contribution is 2.19. The van der Waals surface area contributed by atoms with Crippen LogP contribution in [0.15, 0.2) is 36.4 Å². The van der Waals surface area contributed by atoms with Crippen molar-refractivity contribution in [1.29, 1.82) is 0 Å². The van der Waals surface area contributed by atoms with Gasteiger partial charge in [-0.15, -0.1) is 12.4 Å². The molecule has 2 atom stereocenters. The lowest BCUT2D eigenvalue weighted by Crippen LogP contribution is -2.46. The number of piperidine rings is 1. The van der Waals surface area contributed by atoms with E-state index in [-0.39, 0.29) is 36.2 Å². The fourth-order valence-corrected chi connectivity index (χ4v) is 4.26. The maximum atomic E-state index is 13.0. The Morgan fingerprint density at radius 1 is 1.20 bits per heavy atom. The highest BCUT2D eigenvalue weighted by atomic mass is 35.5. The molecule has 7 nitrogen and oxygen atoms in total. The number of aryl methyl sites for hydroxylation is 1. The number of para-hydroxylation sites is 1.